The highest BCUT2D eigenvalue weighted by molar-refractivity contribution is 5.89. The molecular formula is C16H14N2O2. The molecule has 3 rings (SSSR count). The van der Waals surface area contributed by atoms with E-state index in [0.717, 1.165) is 22.2 Å². The summed E-state index contributed by atoms with van der Waals surface area (Å²) in [5.74, 6) is 1.16. The standard InChI is InChI=1S/C16H14N2O2/c1-10-9-15(17-11-5-7-12(19)8-6-11)18-13-3-2-4-14(20)16(10)13/h2-9,19-20H,1H3,(H,17,18). The third kappa shape index (κ3) is 2.23. The van der Waals surface area contributed by atoms with E-state index in [1.54, 1.807) is 36.4 Å². The van der Waals surface area contributed by atoms with Gasteiger partial charge < -0.3 is 15.5 Å². The van der Waals surface area contributed by atoms with Crippen molar-refractivity contribution in [1.29, 1.82) is 0 Å². The van der Waals surface area contributed by atoms with Crippen molar-refractivity contribution in [3.8, 4) is 11.5 Å². The summed E-state index contributed by atoms with van der Waals surface area (Å²) in [4.78, 5) is 4.48. The van der Waals surface area contributed by atoms with Gasteiger partial charge in [-0.2, -0.15) is 0 Å². The first-order chi connectivity index (χ1) is 9.63. The topological polar surface area (TPSA) is 65.4 Å². The van der Waals surface area contributed by atoms with Crippen LogP contribution in [0.5, 0.6) is 11.5 Å². The van der Waals surface area contributed by atoms with Gasteiger partial charge >= 0.3 is 0 Å². The Morgan fingerprint density at radius 3 is 2.50 bits per heavy atom. The van der Waals surface area contributed by atoms with Crippen molar-refractivity contribution in [1.82, 2.24) is 4.98 Å². The molecule has 1 aromatic heterocycles. The van der Waals surface area contributed by atoms with Gasteiger partial charge in [-0.15, -0.1) is 0 Å². The number of phenols is 2. The van der Waals surface area contributed by atoms with Crippen molar-refractivity contribution >= 4 is 22.4 Å². The number of aryl methyl sites for hydroxylation is 1. The average Bonchev–Trinajstić information content (AvgIpc) is 2.41. The predicted octanol–water partition coefficient (Wildman–Crippen LogP) is 3.70. The smallest absolute Gasteiger partial charge is 0.131 e. The van der Waals surface area contributed by atoms with Crippen LogP contribution in [0.2, 0.25) is 0 Å². The normalized spacial score (nSPS) is 10.7. The van der Waals surface area contributed by atoms with Crippen molar-refractivity contribution in [2.45, 2.75) is 6.92 Å². The maximum Gasteiger partial charge on any atom is 0.131 e. The highest BCUT2D eigenvalue weighted by Gasteiger charge is 2.06. The lowest BCUT2D eigenvalue weighted by Gasteiger charge is -2.10. The Balaban J connectivity index is 2.02. The number of phenolic OH excluding ortho intramolecular Hbond substituents is 2. The molecule has 0 fully saturated rings. The Morgan fingerprint density at radius 2 is 1.75 bits per heavy atom. The summed E-state index contributed by atoms with van der Waals surface area (Å²) >= 11 is 0. The van der Waals surface area contributed by atoms with Crippen LogP contribution in [0.3, 0.4) is 0 Å². The van der Waals surface area contributed by atoms with Gasteiger partial charge in [0.15, 0.2) is 0 Å². The molecule has 0 unspecified atom stereocenters. The Bertz CT molecular complexity index is 767. The number of pyridine rings is 1. The zero-order valence-corrected chi connectivity index (χ0v) is 11.0. The van der Waals surface area contributed by atoms with E-state index in [1.807, 2.05) is 19.1 Å². The van der Waals surface area contributed by atoms with Gasteiger partial charge in [0.25, 0.3) is 0 Å². The molecule has 0 bridgehead atoms. The molecule has 4 nitrogen and oxygen atoms in total. The molecule has 20 heavy (non-hydrogen) atoms. The number of aromatic nitrogens is 1. The van der Waals surface area contributed by atoms with Crippen LogP contribution < -0.4 is 5.32 Å². The van der Waals surface area contributed by atoms with Crippen molar-refractivity contribution in [3.63, 3.8) is 0 Å². The van der Waals surface area contributed by atoms with Gasteiger partial charge in [-0.1, -0.05) is 6.07 Å². The van der Waals surface area contributed by atoms with Gasteiger partial charge in [0.05, 0.1) is 5.52 Å². The molecule has 100 valence electrons. The molecule has 0 saturated carbocycles. The van der Waals surface area contributed by atoms with Crippen LogP contribution in [0.1, 0.15) is 5.56 Å². The van der Waals surface area contributed by atoms with Gasteiger partial charge in [0.1, 0.15) is 17.3 Å². The van der Waals surface area contributed by atoms with Gasteiger partial charge in [-0.3, -0.25) is 0 Å². The number of benzene rings is 2. The average molecular weight is 266 g/mol. The first kappa shape index (κ1) is 12.3. The molecule has 1 heterocycles. The monoisotopic (exact) mass is 266 g/mol. The van der Waals surface area contributed by atoms with Crippen LogP contribution in [-0.2, 0) is 0 Å². The zero-order valence-electron chi connectivity index (χ0n) is 11.0. The number of aromatic hydroxyl groups is 2. The fraction of sp³-hybridized carbons (Fsp3) is 0.0625. The van der Waals surface area contributed by atoms with Crippen molar-refractivity contribution < 1.29 is 10.2 Å². The van der Waals surface area contributed by atoms with Crippen molar-refractivity contribution in [2.24, 2.45) is 0 Å². The molecule has 0 atom stereocenters. The molecule has 4 heteroatoms. The number of rotatable bonds is 2. The van der Waals surface area contributed by atoms with Gasteiger partial charge in [-0.25, -0.2) is 4.98 Å². The minimum Gasteiger partial charge on any atom is -0.508 e. The first-order valence-electron chi connectivity index (χ1n) is 6.29. The van der Waals surface area contributed by atoms with Crippen LogP contribution in [0.4, 0.5) is 11.5 Å². The summed E-state index contributed by atoms with van der Waals surface area (Å²) in [5.41, 5.74) is 2.54. The second-order valence-corrected chi connectivity index (χ2v) is 4.67. The van der Waals surface area contributed by atoms with Crippen molar-refractivity contribution in [2.75, 3.05) is 5.32 Å². The number of nitrogens with zero attached hydrogens (tertiary/aromatic N) is 1. The quantitative estimate of drug-likeness (QED) is 0.619. The molecule has 0 radical (unpaired) electrons. The van der Waals surface area contributed by atoms with E-state index in [0.29, 0.717) is 5.82 Å². The lowest BCUT2D eigenvalue weighted by molar-refractivity contribution is 0.475. The Labute approximate surface area is 116 Å². The summed E-state index contributed by atoms with van der Waals surface area (Å²) < 4.78 is 0. The fourth-order valence-corrected chi connectivity index (χ4v) is 2.22. The first-order valence-corrected chi connectivity index (χ1v) is 6.29. The highest BCUT2D eigenvalue weighted by Crippen LogP contribution is 2.29. The third-order valence-corrected chi connectivity index (χ3v) is 3.15. The molecule has 0 aliphatic rings. The molecule has 0 amide bonds. The van der Waals surface area contributed by atoms with Crippen LogP contribution >= 0.6 is 0 Å². The minimum atomic E-state index is 0.225. The predicted molar refractivity (Wildman–Crippen MR) is 79.5 cm³/mol. The summed E-state index contributed by atoms with van der Waals surface area (Å²) in [5, 5.41) is 23.1. The SMILES string of the molecule is Cc1cc(Nc2ccc(O)cc2)nc2cccc(O)c12. The molecule has 3 aromatic rings. The summed E-state index contributed by atoms with van der Waals surface area (Å²) in [6, 6.07) is 14.0. The van der Waals surface area contributed by atoms with Gasteiger partial charge in [-0.05, 0) is 55.0 Å². The number of anilines is 2. The summed E-state index contributed by atoms with van der Waals surface area (Å²) in [6.45, 7) is 1.94. The molecule has 0 aliphatic carbocycles. The summed E-state index contributed by atoms with van der Waals surface area (Å²) in [7, 11) is 0. The van der Waals surface area contributed by atoms with E-state index in [1.165, 1.54) is 0 Å². The highest BCUT2D eigenvalue weighted by atomic mass is 16.3. The zero-order chi connectivity index (χ0) is 14.1. The van der Waals surface area contributed by atoms with E-state index >= 15 is 0 Å². The van der Waals surface area contributed by atoms with E-state index < -0.39 is 0 Å². The maximum atomic E-state index is 9.88. The lowest BCUT2D eigenvalue weighted by Crippen LogP contribution is -1.95. The van der Waals surface area contributed by atoms with E-state index in [2.05, 4.69) is 10.3 Å². The van der Waals surface area contributed by atoms with Gasteiger partial charge in [0.2, 0.25) is 0 Å². The van der Waals surface area contributed by atoms with Crippen LogP contribution in [-0.4, -0.2) is 15.2 Å². The number of nitrogens with one attached hydrogen (secondary N) is 1. The number of hydrogen-bond acceptors (Lipinski definition) is 4. The van der Waals surface area contributed by atoms with Crippen LogP contribution in [0.25, 0.3) is 10.9 Å². The third-order valence-electron chi connectivity index (χ3n) is 3.15. The molecule has 2 aromatic carbocycles. The van der Waals surface area contributed by atoms with Crippen LogP contribution in [0.15, 0.2) is 48.5 Å². The van der Waals surface area contributed by atoms with Crippen LogP contribution in [0, 0.1) is 6.92 Å². The fourth-order valence-electron chi connectivity index (χ4n) is 2.22. The number of fused-ring (bicyclic) bond motifs is 1. The Hall–Kier alpha value is -2.75. The maximum absolute atomic E-state index is 9.88. The Morgan fingerprint density at radius 1 is 1.00 bits per heavy atom. The molecule has 0 aliphatic heterocycles. The van der Waals surface area contributed by atoms with Gasteiger partial charge in [0, 0.05) is 11.1 Å². The second kappa shape index (κ2) is 4.74. The number of hydrogen-bond donors (Lipinski definition) is 3. The lowest BCUT2D eigenvalue weighted by atomic mass is 10.1. The minimum absolute atomic E-state index is 0.225. The molecule has 0 spiro atoms. The van der Waals surface area contributed by atoms with E-state index in [4.69, 9.17) is 0 Å². The molecular weight excluding hydrogens is 252 g/mol. The summed E-state index contributed by atoms with van der Waals surface area (Å²) in [6.07, 6.45) is 0. The van der Waals surface area contributed by atoms with Crippen molar-refractivity contribution in [3.05, 3.63) is 54.1 Å². The van der Waals surface area contributed by atoms with E-state index in [9.17, 15) is 10.2 Å². The largest absolute Gasteiger partial charge is 0.508 e. The molecule has 3 N–H and O–H groups in total. The Kier molecular flexibility index (Phi) is 2.91. The van der Waals surface area contributed by atoms with E-state index in [-0.39, 0.29) is 11.5 Å². The second-order valence-electron chi connectivity index (χ2n) is 4.67. The molecule has 0 saturated heterocycles.